The molecule has 3 rings (SSSR count). The van der Waals surface area contributed by atoms with Crippen molar-refractivity contribution in [1.29, 1.82) is 0 Å². The summed E-state index contributed by atoms with van der Waals surface area (Å²) in [6, 6.07) is 15.1. The van der Waals surface area contributed by atoms with Crippen molar-refractivity contribution in [1.82, 2.24) is 5.43 Å². The predicted octanol–water partition coefficient (Wildman–Crippen LogP) is 3.42. The lowest BCUT2D eigenvalue weighted by Gasteiger charge is -2.20. The Morgan fingerprint density at radius 2 is 1.93 bits per heavy atom. The molecule has 1 aliphatic heterocycles. The Balaban J connectivity index is 1.61. The second kappa shape index (κ2) is 9.17. The molecule has 28 heavy (non-hydrogen) atoms. The third-order valence-corrected chi connectivity index (χ3v) is 4.89. The number of hydrazone groups is 1. The minimum absolute atomic E-state index is 0.101. The summed E-state index contributed by atoms with van der Waals surface area (Å²) in [5, 5.41) is 4.06. The van der Waals surface area contributed by atoms with Gasteiger partial charge in [0.1, 0.15) is 0 Å². The molecular weight excluding hydrogens is 352 g/mol. The van der Waals surface area contributed by atoms with E-state index in [1.165, 1.54) is 5.69 Å². The lowest BCUT2D eigenvalue weighted by atomic mass is 10.2. The number of hydrogen-bond donors (Lipinski definition) is 1. The fourth-order valence-corrected chi connectivity index (χ4v) is 3.33. The predicted molar refractivity (Wildman–Crippen MR) is 113 cm³/mol. The minimum Gasteiger partial charge on any atom is -0.372 e. The van der Waals surface area contributed by atoms with Gasteiger partial charge in [-0.3, -0.25) is 9.59 Å². The van der Waals surface area contributed by atoms with Crippen molar-refractivity contribution in [2.45, 2.75) is 26.7 Å². The molecule has 2 aromatic carbocycles. The van der Waals surface area contributed by atoms with E-state index in [1.807, 2.05) is 30.3 Å². The summed E-state index contributed by atoms with van der Waals surface area (Å²) in [6.07, 6.45) is 3.04. The zero-order valence-electron chi connectivity index (χ0n) is 16.4. The molecule has 0 aromatic heterocycles. The molecule has 1 heterocycles. The first-order valence-corrected chi connectivity index (χ1v) is 9.71. The van der Waals surface area contributed by atoms with Crippen molar-refractivity contribution >= 4 is 29.4 Å². The summed E-state index contributed by atoms with van der Waals surface area (Å²) in [5.41, 5.74) is 5.86. The Hall–Kier alpha value is -3.15. The SMILES string of the molecule is CCN(CC)c1ccc(/C=N\NC(=O)c2cccc(N3CCCC3=O)c2)cc1. The zero-order valence-corrected chi connectivity index (χ0v) is 16.4. The first kappa shape index (κ1) is 19.6. The van der Waals surface area contributed by atoms with Crippen molar-refractivity contribution in [3.05, 3.63) is 59.7 Å². The molecule has 146 valence electrons. The van der Waals surface area contributed by atoms with Gasteiger partial charge in [-0.05, 0) is 56.2 Å². The van der Waals surface area contributed by atoms with Gasteiger partial charge in [-0.1, -0.05) is 18.2 Å². The van der Waals surface area contributed by atoms with E-state index in [0.717, 1.165) is 30.8 Å². The maximum absolute atomic E-state index is 12.4. The maximum Gasteiger partial charge on any atom is 0.271 e. The molecule has 0 spiro atoms. The monoisotopic (exact) mass is 378 g/mol. The summed E-state index contributed by atoms with van der Waals surface area (Å²) in [4.78, 5) is 28.2. The van der Waals surface area contributed by atoms with E-state index in [0.29, 0.717) is 18.5 Å². The Morgan fingerprint density at radius 1 is 1.18 bits per heavy atom. The summed E-state index contributed by atoms with van der Waals surface area (Å²) >= 11 is 0. The molecular formula is C22H26N4O2. The van der Waals surface area contributed by atoms with Crippen LogP contribution in [0.5, 0.6) is 0 Å². The van der Waals surface area contributed by atoms with Gasteiger partial charge in [-0.15, -0.1) is 0 Å². The molecule has 6 nitrogen and oxygen atoms in total. The van der Waals surface area contributed by atoms with Crippen LogP contribution < -0.4 is 15.2 Å². The molecule has 0 aliphatic carbocycles. The number of hydrogen-bond acceptors (Lipinski definition) is 4. The minimum atomic E-state index is -0.301. The lowest BCUT2D eigenvalue weighted by molar-refractivity contribution is -0.117. The van der Waals surface area contributed by atoms with E-state index in [-0.39, 0.29) is 11.8 Å². The molecule has 0 saturated carbocycles. The van der Waals surface area contributed by atoms with Crippen molar-refractivity contribution in [2.24, 2.45) is 5.10 Å². The third kappa shape index (κ3) is 4.57. The number of carbonyl (C=O) groups is 2. The van der Waals surface area contributed by atoms with Crippen LogP contribution in [0.2, 0.25) is 0 Å². The van der Waals surface area contributed by atoms with Crippen molar-refractivity contribution < 1.29 is 9.59 Å². The first-order valence-electron chi connectivity index (χ1n) is 9.71. The van der Waals surface area contributed by atoms with E-state index in [1.54, 1.807) is 29.3 Å². The normalized spacial score (nSPS) is 13.9. The quantitative estimate of drug-likeness (QED) is 0.593. The van der Waals surface area contributed by atoms with Gasteiger partial charge < -0.3 is 9.80 Å². The molecule has 1 N–H and O–H groups in total. The van der Waals surface area contributed by atoms with Crippen LogP contribution in [0, 0.1) is 0 Å². The fourth-order valence-electron chi connectivity index (χ4n) is 3.33. The Bertz CT molecular complexity index is 857. The molecule has 2 aromatic rings. The van der Waals surface area contributed by atoms with Gasteiger partial charge in [-0.25, -0.2) is 5.43 Å². The van der Waals surface area contributed by atoms with Gasteiger partial charge in [0.25, 0.3) is 5.91 Å². The highest BCUT2D eigenvalue weighted by Crippen LogP contribution is 2.22. The molecule has 0 unspecified atom stereocenters. The number of anilines is 2. The van der Waals surface area contributed by atoms with Gasteiger partial charge in [-0.2, -0.15) is 5.10 Å². The number of benzene rings is 2. The van der Waals surface area contributed by atoms with E-state index in [4.69, 9.17) is 0 Å². The second-order valence-corrected chi connectivity index (χ2v) is 6.66. The molecule has 1 fully saturated rings. The Morgan fingerprint density at radius 3 is 2.57 bits per heavy atom. The number of nitrogens with one attached hydrogen (secondary N) is 1. The van der Waals surface area contributed by atoms with Gasteiger partial charge in [0, 0.05) is 43.0 Å². The van der Waals surface area contributed by atoms with Crippen molar-refractivity contribution in [2.75, 3.05) is 29.4 Å². The number of carbonyl (C=O) groups excluding carboxylic acids is 2. The van der Waals surface area contributed by atoms with Gasteiger partial charge >= 0.3 is 0 Å². The molecule has 2 amide bonds. The molecule has 0 bridgehead atoms. The highest BCUT2D eigenvalue weighted by molar-refractivity contribution is 5.99. The van der Waals surface area contributed by atoms with Crippen LogP contribution in [0.4, 0.5) is 11.4 Å². The molecule has 1 saturated heterocycles. The van der Waals surface area contributed by atoms with Crippen molar-refractivity contribution in [3.8, 4) is 0 Å². The van der Waals surface area contributed by atoms with E-state index >= 15 is 0 Å². The summed E-state index contributed by atoms with van der Waals surface area (Å²) in [6.45, 7) is 6.88. The second-order valence-electron chi connectivity index (χ2n) is 6.66. The third-order valence-electron chi connectivity index (χ3n) is 4.89. The molecule has 1 aliphatic rings. The topological polar surface area (TPSA) is 65.0 Å². The summed E-state index contributed by atoms with van der Waals surface area (Å²) in [5.74, 6) is -0.201. The van der Waals surface area contributed by atoms with Crippen LogP contribution in [-0.2, 0) is 4.79 Å². The fraction of sp³-hybridized carbons (Fsp3) is 0.318. The Kier molecular flexibility index (Phi) is 6.42. The number of rotatable bonds is 7. The van der Waals surface area contributed by atoms with Gasteiger partial charge in [0.05, 0.1) is 6.21 Å². The van der Waals surface area contributed by atoms with Crippen LogP contribution >= 0.6 is 0 Å². The smallest absolute Gasteiger partial charge is 0.271 e. The standard InChI is InChI=1S/C22H26N4O2/c1-3-25(4-2)19-12-10-17(11-13-19)16-23-24-22(28)18-7-5-8-20(15-18)26-14-6-9-21(26)27/h5,7-8,10-13,15-16H,3-4,6,9,14H2,1-2H3,(H,24,28)/b23-16-. The largest absolute Gasteiger partial charge is 0.372 e. The molecule has 6 heteroatoms. The van der Waals surface area contributed by atoms with Crippen LogP contribution in [0.1, 0.15) is 42.6 Å². The number of nitrogens with zero attached hydrogens (tertiary/aromatic N) is 3. The summed E-state index contributed by atoms with van der Waals surface area (Å²) in [7, 11) is 0. The van der Waals surface area contributed by atoms with Crippen LogP contribution in [0.25, 0.3) is 0 Å². The number of amides is 2. The Labute approximate surface area is 165 Å². The van der Waals surface area contributed by atoms with E-state index in [9.17, 15) is 9.59 Å². The van der Waals surface area contributed by atoms with Crippen LogP contribution in [0.3, 0.4) is 0 Å². The van der Waals surface area contributed by atoms with Gasteiger partial charge in [0.15, 0.2) is 0 Å². The average molecular weight is 378 g/mol. The van der Waals surface area contributed by atoms with Crippen LogP contribution in [-0.4, -0.2) is 37.7 Å². The highest BCUT2D eigenvalue weighted by Gasteiger charge is 2.22. The molecule has 0 radical (unpaired) electrons. The maximum atomic E-state index is 12.4. The highest BCUT2D eigenvalue weighted by atomic mass is 16.2. The van der Waals surface area contributed by atoms with E-state index in [2.05, 4.69) is 29.3 Å². The first-order chi connectivity index (χ1) is 13.6. The van der Waals surface area contributed by atoms with Crippen LogP contribution in [0.15, 0.2) is 53.6 Å². The lowest BCUT2D eigenvalue weighted by Crippen LogP contribution is -2.24. The average Bonchev–Trinajstić information content (AvgIpc) is 3.16. The zero-order chi connectivity index (χ0) is 19.9. The van der Waals surface area contributed by atoms with Gasteiger partial charge in [0.2, 0.25) is 5.91 Å². The van der Waals surface area contributed by atoms with E-state index < -0.39 is 0 Å². The van der Waals surface area contributed by atoms with Crippen molar-refractivity contribution in [3.63, 3.8) is 0 Å². The summed E-state index contributed by atoms with van der Waals surface area (Å²) < 4.78 is 0. The molecule has 0 atom stereocenters.